The molecule has 0 bridgehead atoms. The maximum Gasteiger partial charge on any atom is 0.302 e. The van der Waals surface area contributed by atoms with Gasteiger partial charge in [-0.15, -0.1) is 0 Å². The van der Waals surface area contributed by atoms with Gasteiger partial charge >= 0.3 is 5.97 Å². The minimum Gasteiger partial charge on any atom is -0.465 e. The lowest BCUT2D eigenvalue weighted by Crippen LogP contribution is -2.25. The van der Waals surface area contributed by atoms with Gasteiger partial charge in [0.15, 0.2) is 0 Å². The smallest absolute Gasteiger partial charge is 0.302 e. The van der Waals surface area contributed by atoms with Crippen molar-refractivity contribution in [3.8, 4) is 0 Å². The summed E-state index contributed by atoms with van der Waals surface area (Å²) in [4.78, 5) is 10.7. The molecule has 0 aliphatic rings. The summed E-state index contributed by atoms with van der Waals surface area (Å²) in [6.07, 6.45) is 0.547. The third-order valence-electron chi connectivity index (χ3n) is 2.32. The fraction of sp³-hybridized carbons (Fsp3) is 0.917. The Hall–Kier alpha value is -0.340. The van der Waals surface area contributed by atoms with E-state index in [9.17, 15) is 9.36 Å². The van der Waals surface area contributed by atoms with Crippen LogP contribution in [0.4, 0.5) is 0 Å². The Morgan fingerprint density at radius 2 is 1.94 bits per heavy atom. The van der Waals surface area contributed by atoms with E-state index in [-0.39, 0.29) is 12.6 Å². The summed E-state index contributed by atoms with van der Waals surface area (Å²) in [7, 11) is -1.81. The van der Waals surface area contributed by atoms with Crippen LogP contribution in [0, 0.1) is 5.92 Å². The van der Waals surface area contributed by atoms with Crippen LogP contribution in [0.2, 0.25) is 0 Å². The van der Waals surface area contributed by atoms with E-state index < -0.39 is 13.0 Å². The first kappa shape index (κ1) is 16.7. The predicted molar refractivity (Wildman–Crippen MR) is 70.2 cm³/mol. The molecule has 0 fully saturated rings. The molecule has 17 heavy (non-hydrogen) atoms. The quantitative estimate of drug-likeness (QED) is 0.384. The molecule has 0 aromatic rings. The molecule has 0 amide bonds. The minimum absolute atomic E-state index is 0.213. The normalized spacial score (nSPS) is 13.8. The van der Waals surface area contributed by atoms with E-state index in [4.69, 9.17) is 9.47 Å². The minimum atomic E-state index is -1.81. The Labute approximate surface area is 105 Å². The van der Waals surface area contributed by atoms with Crippen molar-refractivity contribution in [2.24, 2.45) is 5.92 Å². The SMILES string of the molecule is CC(=O)OCC(C)(C)[PH](=O)CCOCC(C)C. The highest BCUT2D eigenvalue weighted by atomic mass is 31.1. The van der Waals surface area contributed by atoms with Crippen molar-refractivity contribution in [1.29, 1.82) is 0 Å². The second-order valence-electron chi connectivity index (χ2n) is 5.31. The number of rotatable bonds is 8. The molecule has 0 saturated heterocycles. The molecule has 4 nitrogen and oxygen atoms in total. The average Bonchev–Trinajstić information content (AvgIpc) is 2.21. The first-order valence-corrected chi connectivity index (χ1v) is 7.61. The molecule has 0 aromatic heterocycles. The number of carbonyl (C=O) groups is 1. The lowest BCUT2D eigenvalue weighted by atomic mass is 10.2. The molecule has 0 aromatic carbocycles. The summed E-state index contributed by atoms with van der Waals surface area (Å²) >= 11 is 0. The Morgan fingerprint density at radius 1 is 1.35 bits per heavy atom. The molecular weight excluding hydrogens is 239 g/mol. The zero-order chi connectivity index (χ0) is 13.5. The van der Waals surface area contributed by atoms with Crippen molar-refractivity contribution < 1.29 is 18.8 Å². The maximum absolute atomic E-state index is 12.0. The standard InChI is InChI=1S/C12H25O4P/c1-10(2)8-15-6-7-17(14)12(4,5)9-16-11(3)13/h10,17H,6-9H2,1-5H3. The Kier molecular flexibility index (Phi) is 7.73. The Morgan fingerprint density at radius 3 is 2.41 bits per heavy atom. The molecular formula is C12H25O4P. The van der Waals surface area contributed by atoms with E-state index in [0.29, 0.717) is 25.3 Å². The number of carbonyl (C=O) groups excluding carboxylic acids is 1. The van der Waals surface area contributed by atoms with Crippen LogP contribution in [-0.2, 0) is 18.8 Å². The first-order chi connectivity index (χ1) is 7.75. The molecule has 0 spiro atoms. The van der Waals surface area contributed by atoms with E-state index in [2.05, 4.69) is 13.8 Å². The number of hydrogen-bond donors (Lipinski definition) is 0. The maximum atomic E-state index is 12.0. The highest BCUT2D eigenvalue weighted by Gasteiger charge is 2.26. The second kappa shape index (κ2) is 7.88. The van der Waals surface area contributed by atoms with E-state index >= 15 is 0 Å². The van der Waals surface area contributed by atoms with Crippen LogP contribution in [0.5, 0.6) is 0 Å². The summed E-state index contributed by atoms with van der Waals surface area (Å²) in [5.41, 5.74) is 0. The predicted octanol–water partition coefficient (Wildman–Crippen LogP) is 2.56. The van der Waals surface area contributed by atoms with Gasteiger partial charge in [-0.2, -0.15) is 0 Å². The van der Waals surface area contributed by atoms with Crippen LogP contribution in [0.15, 0.2) is 0 Å². The van der Waals surface area contributed by atoms with Gasteiger partial charge in [0.2, 0.25) is 0 Å². The molecule has 102 valence electrons. The molecule has 5 heteroatoms. The number of hydrogen-bond acceptors (Lipinski definition) is 4. The monoisotopic (exact) mass is 264 g/mol. The van der Waals surface area contributed by atoms with E-state index in [1.165, 1.54) is 6.92 Å². The van der Waals surface area contributed by atoms with Gasteiger partial charge in [-0.3, -0.25) is 4.79 Å². The lowest BCUT2D eigenvalue weighted by molar-refractivity contribution is -0.141. The van der Waals surface area contributed by atoms with Crippen LogP contribution in [0.25, 0.3) is 0 Å². The molecule has 0 aliphatic carbocycles. The molecule has 0 rings (SSSR count). The summed E-state index contributed by atoms with van der Waals surface area (Å²) in [5.74, 6) is 0.162. The third-order valence-corrected chi connectivity index (χ3v) is 4.63. The van der Waals surface area contributed by atoms with Gasteiger partial charge in [-0.1, -0.05) is 13.8 Å². The first-order valence-electron chi connectivity index (χ1n) is 6.00. The molecule has 0 radical (unpaired) electrons. The zero-order valence-electron chi connectivity index (χ0n) is 11.5. The van der Waals surface area contributed by atoms with Crippen LogP contribution >= 0.6 is 7.80 Å². The second-order valence-corrected chi connectivity index (χ2v) is 8.01. The highest BCUT2D eigenvalue weighted by molar-refractivity contribution is 7.46. The molecule has 0 aliphatic heterocycles. The number of esters is 1. The van der Waals surface area contributed by atoms with Crippen molar-refractivity contribution in [3.63, 3.8) is 0 Å². The fourth-order valence-electron chi connectivity index (χ4n) is 1.18. The molecule has 0 heterocycles. The topological polar surface area (TPSA) is 52.6 Å². The summed E-state index contributed by atoms with van der Waals surface area (Å²) in [6.45, 7) is 10.7. The lowest BCUT2D eigenvalue weighted by Gasteiger charge is -2.23. The molecule has 1 unspecified atom stereocenters. The molecule has 0 saturated carbocycles. The van der Waals surface area contributed by atoms with Gasteiger partial charge in [-0.05, 0) is 19.8 Å². The van der Waals surface area contributed by atoms with Gasteiger partial charge < -0.3 is 14.0 Å². The molecule has 0 N–H and O–H groups in total. The van der Waals surface area contributed by atoms with E-state index in [1.54, 1.807) is 0 Å². The number of ether oxygens (including phenoxy) is 2. The third kappa shape index (κ3) is 8.39. The fourth-order valence-corrected chi connectivity index (χ4v) is 2.42. The average molecular weight is 264 g/mol. The largest absolute Gasteiger partial charge is 0.465 e. The van der Waals surface area contributed by atoms with Crippen molar-refractivity contribution in [2.45, 2.75) is 39.8 Å². The Bertz CT molecular complexity index is 261. The van der Waals surface area contributed by atoms with Crippen molar-refractivity contribution in [2.75, 3.05) is 26.0 Å². The van der Waals surface area contributed by atoms with Crippen LogP contribution in [0.3, 0.4) is 0 Å². The van der Waals surface area contributed by atoms with Gasteiger partial charge in [0.25, 0.3) is 0 Å². The van der Waals surface area contributed by atoms with Crippen LogP contribution in [0.1, 0.15) is 34.6 Å². The van der Waals surface area contributed by atoms with E-state index in [0.717, 1.165) is 0 Å². The van der Waals surface area contributed by atoms with Gasteiger partial charge in [-0.25, -0.2) is 0 Å². The van der Waals surface area contributed by atoms with E-state index in [1.807, 2.05) is 13.8 Å². The van der Waals surface area contributed by atoms with Gasteiger partial charge in [0, 0.05) is 24.8 Å². The summed E-state index contributed by atoms with van der Waals surface area (Å²) in [5, 5.41) is -0.447. The summed E-state index contributed by atoms with van der Waals surface area (Å²) in [6, 6.07) is 0. The van der Waals surface area contributed by atoms with Crippen LogP contribution in [-0.4, -0.2) is 37.1 Å². The van der Waals surface area contributed by atoms with Crippen molar-refractivity contribution in [1.82, 2.24) is 0 Å². The molecule has 1 atom stereocenters. The van der Waals surface area contributed by atoms with Crippen LogP contribution < -0.4 is 0 Å². The zero-order valence-corrected chi connectivity index (χ0v) is 12.5. The van der Waals surface area contributed by atoms with Crippen molar-refractivity contribution >= 4 is 13.8 Å². The van der Waals surface area contributed by atoms with Gasteiger partial charge in [0.1, 0.15) is 6.61 Å². The van der Waals surface area contributed by atoms with Gasteiger partial charge in [0.05, 0.1) is 14.4 Å². The Balaban J connectivity index is 3.90. The highest BCUT2D eigenvalue weighted by Crippen LogP contribution is 2.38. The van der Waals surface area contributed by atoms with Crippen molar-refractivity contribution in [3.05, 3.63) is 0 Å². The summed E-state index contributed by atoms with van der Waals surface area (Å²) < 4.78 is 22.4.